The molecule has 0 aliphatic heterocycles. The van der Waals surface area contributed by atoms with Crippen molar-refractivity contribution in [2.45, 2.75) is 31.8 Å². The van der Waals surface area contributed by atoms with Crippen molar-refractivity contribution in [1.82, 2.24) is 25.7 Å². The molecule has 0 radical (unpaired) electrons. The number of aromatic amines is 1. The molecule has 0 bridgehead atoms. The highest BCUT2D eigenvalue weighted by molar-refractivity contribution is 7.92. The van der Waals surface area contributed by atoms with Crippen molar-refractivity contribution in [3.8, 4) is 0 Å². The van der Waals surface area contributed by atoms with Crippen LogP contribution in [0.5, 0.6) is 0 Å². The highest BCUT2D eigenvalue weighted by Crippen LogP contribution is 2.22. The summed E-state index contributed by atoms with van der Waals surface area (Å²) in [7, 11) is -2.02. The molecule has 0 aliphatic carbocycles. The van der Waals surface area contributed by atoms with E-state index in [-0.39, 0.29) is 10.2 Å². The Morgan fingerprint density at radius 3 is 2.70 bits per heavy atom. The second-order valence-corrected chi connectivity index (χ2v) is 6.78. The molecular weight excluding hydrogens is 300 g/mol. The zero-order valence-corrected chi connectivity index (χ0v) is 13.0. The third-order valence-electron chi connectivity index (χ3n) is 2.64. The number of anilines is 1. The van der Waals surface area contributed by atoms with Crippen LogP contribution in [-0.2, 0) is 23.0 Å². The lowest BCUT2D eigenvalue weighted by Gasteiger charge is -2.05. The van der Waals surface area contributed by atoms with Crippen molar-refractivity contribution < 1.29 is 8.42 Å². The third-order valence-corrected chi connectivity index (χ3v) is 5.06. The smallest absolute Gasteiger partial charge is 0.283 e. The van der Waals surface area contributed by atoms with E-state index in [0.717, 1.165) is 5.01 Å². The van der Waals surface area contributed by atoms with E-state index in [4.69, 9.17) is 0 Å². The van der Waals surface area contributed by atoms with Crippen molar-refractivity contribution in [2.24, 2.45) is 0 Å². The fraction of sp³-hybridized carbons (Fsp3) is 0.500. The maximum atomic E-state index is 12.3. The average Bonchev–Trinajstić information content (AvgIpc) is 2.97. The molecule has 0 saturated carbocycles. The zero-order chi connectivity index (χ0) is 14.8. The molecule has 0 spiro atoms. The minimum atomic E-state index is -3.76. The van der Waals surface area contributed by atoms with Gasteiger partial charge in [-0.2, -0.15) is 13.5 Å². The van der Waals surface area contributed by atoms with Crippen LogP contribution in [0.4, 0.5) is 5.13 Å². The molecule has 3 N–H and O–H groups in total. The predicted octanol–water partition coefficient (Wildman–Crippen LogP) is 0.652. The summed E-state index contributed by atoms with van der Waals surface area (Å²) in [5, 5.41) is 18.2. The van der Waals surface area contributed by atoms with Crippen LogP contribution in [0, 0.1) is 6.92 Å². The van der Waals surface area contributed by atoms with E-state index >= 15 is 0 Å². The van der Waals surface area contributed by atoms with Crippen LogP contribution in [0.15, 0.2) is 5.03 Å². The van der Waals surface area contributed by atoms with Crippen LogP contribution in [0.3, 0.4) is 0 Å². The number of aromatic nitrogens is 4. The van der Waals surface area contributed by atoms with Gasteiger partial charge in [-0.05, 0) is 20.4 Å². The molecule has 110 valence electrons. The number of nitrogens with zero attached hydrogens (tertiary/aromatic N) is 3. The van der Waals surface area contributed by atoms with E-state index in [0.29, 0.717) is 24.2 Å². The second kappa shape index (κ2) is 5.85. The maximum absolute atomic E-state index is 12.3. The minimum absolute atomic E-state index is 0.0161. The summed E-state index contributed by atoms with van der Waals surface area (Å²) in [4.78, 5) is 0. The molecule has 0 amide bonds. The molecule has 0 aromatic carbocycles. The van der Waals surface area contributed by atoms with E-state index in [2.05, 4.69) is 30.4 Å². The van der Waals surface area contributed by atoms with Crippen molar-refractivity contribution in [1.29, 1.82) is 0 Å². The lowest BCUT2D eigenvalue weighted by atomic mass is 10.3. The zero-order valence-electron chi connectivity index (χ0n) is 11.4. The van der Waals surface area contributed by atoms with Crippen LogP contribution < -0.4 is 10.0 Å². The fourth-order valence-corrected chi connectivity index (χ4v) is 3.75. The highest BCUT2D eigenvalue weighted by atomic mass is 32.2. The number of nitrogens with one attached hydrogen (secondary N) is 3. The first-order valence-corrected chi connectivity index (χ1v) is 8.31. The molecule has 8 nitrogen and oxygen atoms in total. The lowest BCUT2D eigenvalue weighted by Crippen LogP contribution is -2.17. The van der Waals surface area contributed by atoms with E-state index in [9.17, 15) is 8.42 Å². The Morgan fingerprint density at radius 2 is 2.10 bits per heavy atom. The molecular formula is C10H16N6O2S2. The second-order valence-electron chi connectivity index (χ2n) is 4.12. The van der Waals surface area contributed by atoms with Gasteiger partial charge in [0.25, 0.3) is 10.0 Å². The minimum Gasteiger partial charge on any atom is -0.316 e. The topological polar surface area (TPSA) is 113 Å². The summed E-state index contributed by atoms with van der Waals surface area (Å²) in [6, 6.07) is 0. The Kier molecular flexibility index (Phi) is 4.35. The molecule has 0 saturated heterocycles. The van der Waals surface area contributed by atoms with E-state index in [1.807, 2.05) is 6.92 Å². The van der Waals surface area contributed by atoms with Crippen LogP contribution >= 0.6 is 11.3 Å². The first-order chi connectivity index (χ1) is 9.47. The average molecular weight is 316 g/mol. The van der Waals surface area contributed by atoms with Gasteiger partial charge in [-0.15, -0.1) is 10.2 Å². The van der Waals surface area contributed by atoms with Crippen molar-refractivity contribution in [3.05, 3.63) is 16.3 Å². The Labute approximate surface area is 121 Å². The molecule has 0 aliphatic rings. The van der Waals surface area contributed by atoms with Gasteiger partial charge in [-0.1, -0.05) is 18.3 Å². The lowest BCUT2D eigenvalue weighted by molar-refractivity contribution is 0.595. The molecule has 10 heteroatoms. The van der Waals surface area contributed by atoms with Gasteiger partial charge >= 0.3 is 0 Å². The molecule has 0 unspecified atom stereocenters. The Bertz CT molecular complexity index is 690. The van der Waals surface area contributed by atoms with Crippen LogP contribution in [-0.4, -0.2) is 35.9 Å². The van der Waals surface area contributed by atoms with Crippen LogP contribution in [0.25, 0.3) is 0 Å². The molecule has 2 heterocycles. The normalized spacial score (nSPS) is 11.8. The summed E-state index contributed by atoms with van der Waals surface area (Å²) in [5.41, 5.74) is 1.33. The summed E-state index contributed by atoms with van der Waals surface area (Å²) >= 11 is 1.21. The van der Waals surface area contributed by atoms with Gasteiger partial charge in [0, 0.05) is 17.8 Å². The van der Waals surface area contributed by atoms with Gasteiger partial charge in [0.2, 0.25) is 10.2 Å². The highest BCUT2D eigenvalue weighted by Gasteiger charge is 2.24. The van der Waals surface area contributed by atoms with Gasteiger partial charge in [0.15, 0.2) is 0 Å². The van der Waals surface area contributed by atoms with Crippen molar-refractivity contribution in [2.75, 3.05) is 11.8 Å². The molecule has 2 rings (SSSR count). The molecule has 2 aromatic heterocycles. The van der Waals surface area contributed by atoms with Gasteiger partial charge in [-0.25, -0.2) is 0 Å². The Hall–Kier alpha value is -1.52. The molecule has 2 aromatic rings. The number of sulfonamides is 1. The summed E-state index contributed by atoms with van der Waals surface area (Å²) < 4.78 is 27.1. The number of hydrogen-bond acceptors (Lipinski definition) is 7. The third kappa shape index (κ3) is 2.97. The standard InChI is InChI=1S/C10H16N6O2S2/c1-4-8-13-15-10(19-8)16-20(17,18)9-7(5-11-3)6(2)12-14-9/h11H,4-5H2,1-3H3,(H,12,14)(H,15,16). The van der Waals surface area contributed by atoms with E-state index in [1.165, 1.54) is 11.3 Å². The summed E-state index contributed by atoms with van der Waals surface area (Å²) in [5.74, 6) is 0. The number of hydrogen-bond donors (Lipinski definition) is 3. The van der Waals surface area contributed by atoms with Crippen LogP contribution in [0.1, 0.15) is 23.2 Å². The van der Waals surface area contributed by atoms with Crippen LogP contribution in [0.2, 0.25) is 0 Å². The number of H-pyrrole nitrogens is 1. The maximum Gasteiger partial charge on any atom is 0.283 e. The van der Waals surface area contributed by atoms with Gasteiger partial charge in [0.05, 0.1) is 0 Å². The first kappa shape index (κ1) is 14.9. The van der Waals surface area contributed by atoms with Crippen molar-refractivity contribution in [3.63, 3.8) is 0 Å². The SMILES string of the molecule is CCc1nnc(NS(=O)(=O)c2n[nH]c(C)c2CNC)s1. The van der Waals surface area contributed by atoms with Gasteiger partial charge in [-0.3, -0.25) is 9.82 Å². The van der Waals surface area contributed by atoms with Crippen molar-refractivity contribution >= 4 is 26.5 Å². The first-order valence-electron chi connectivity index (χ1n) is 6.01. The summed E-state index contributed by atoms with van der Waals surface area (Å²) in [6.07, 6.45) is 0.714. The molecule has 0 atom stereocenters. The van der Waals surface area contributed by atoms with E-state index in [1.54, 1.807) is 14.0 Å². The summed E-state index contributed by atoms with van der Waals surface area (Å²) in [6.45, 7) is 4.12. The van der Waals surface area contributed by atoms with E-state index < -0.39 is 10.0 Å². The Balaban J connectivity index is 2.30. The largest absolute Gasteiger partial charge is 0.316 e. The van der Waals surface area contributed by atoms with Gasteiger partial charge in [0.1, 0.15) is 5.01 Å². The monoisotopic (exact) mass is 316 g/mol. The van der Waals surface area contributed by atoms with Gasteiger partial charge < -0.3 is 5.32 Å². The molecule has 20 heavy (non-hydrogen) atoms. The fourth-order valence-electron chi connectivity index (χ4n) is 1.64. The predicted molar refractivity (Wildman–Crippen MR) is 76.2 cm³/mol. The number of rotatable bonds is 6. The molecule has 0 fully saturated rings. The number of aryl methyl sites for hydroxylation is 2. The Morgan fingerprint density at radius 1 is 1.35 bits per heavy atom. The quantitative estimate of drug-likeness (QED) is 0.721.